The number of fused-ring (bicyclic) bond motifs is 3. The van der Waals surface area contributed by atoms with Crippen molar-refractivity contribution in [2.75, 3.05) is 7.11 Å². The average Bonchev–Trinajstić information content (AvgIpc) is 3.47. The molecule has 44 heavy (non-hydrogen) atoms. The van der Waals surface area contributed by atoms with Crippen molar-refractivity contribution in [3.63, 3.8) is 0 Å². The molecule has 0 saturated carbocycles. The number of halogens is 1. The number of hydrogen-bond donors (Lipinski definition) is 0. The van der Waals surface area contributed by atoms with E-state index in [9.17, 15) is 13.2 Å². The predicted molar refractivity (Wildman–Crippen MR) is 177 cm³/mol. The lowest BCUT2D eigenvalue weighted by molar-refractivity contribution is 0.0976. The Hall–Kier alpha value is -4.39. The third-order valence-corrected chi connectivity index (χ3v) is 10.9. The van der Waals surface area contributed by atoms with Crippen molar-refractivity contribution in [2.24, 2.45) is 0 Å². The van der Waals surface area contributed by atoms with Crippen molar-refractivity contribution < 1.29 is 17.9 Å². The van der Waals surface area contributed by atoms with E-state index in [2.05, 4.69) is 6.92 Å². The first kappa shape index (κ1) is 28.4. The average molecular weight is 620 g/mol. The molecule has 0 N–H and O–H groups in total. The summed E-state index contributed by atoms with van der Waals surface area (Å²) in [6.07, 6.45) is 0.723. The fraction of sp³-hybridized carbons (Fsp3) is 0.162. The molecular weight excluding hydrogens is 590 g/mol. The number of hydrogen-bond acceptors (Lipinski definition) is 4. The van der Waals surface area contributed by atoms with E-state index >= 15 is 0 Å². The molecule has 0 aliphatic heterocycles. The molecule has 5 aromatic carbocycles. The molecule has 0 spiro atoms. The maximum Gasteiger partial charge on any atom is 0.268 e. The van der Waals surface area contributed by atoms with Crippen LogP contribution in [0, 0.1) is 6.92 Å². The van der Waals surface area contributed by atoms with Crippen LogP contribution in [0.4, 0.5) is 0 Å². The summed E-state index contributed by atoms with van der Waals surface area (Å²) in [4.78, 5) is 13.4. The van der Waals surface area contributed by atoms with Crippen molar-refractivity contribution in [3.05, 3.63) is 130 Å². The Balaban J connectivity index is 1.64. The maximum atomic E-state index is 14.8. The number of ketones is 1. The number of aromatic nitrogens is 1. The lowest BCUT2D eigenvalue weighted by Crippen LogP contribution is -2.23. The molecule has 220 valence electrons. The number of nitrogens with zero attached hydrogens (tertiary/aromatic N) is 1. The van der Waals surface area contributed by atoms with E-state index < -0.39 is 15.4 Å². The second kappa shape index (κ2) is 10.4. The fourth-order valence-corrected chi connectivity index (χ4v) is 8.53. The molecular formula is C37H30ClNO4S. The van der Waals surface area contributed by atoms with Crippen LogP contribution in [0.1, 0.15) is 40.4 Å². The van der Waals surface area contributed by atoms with Gasteiger partial charge < -0.3 is 4.74 Å². The summed E-state index contributed by atoms with van der Waals surface area (Å²) >= 11 is 6.62. The molecule has 5 nitrogen and oxygen atoms in total. The van der Waals surface area contributed by atoms with Crippen LogP contribution in [0.3, 0.4) is 0 Å². The summed E-state index contributed by atoms with van der Waals surface area (Å²) in [7, 11) is -2.52. The Kier molecular flexibility index (Phi) is 6.68. The topological polar surface area (TPSA) is 65.4 Å². The number of benzene rings is 5. The molecule has 1 aliphatic rings. The monoisotopic (exact) mass is 619 g/mol. The van der Waals surface area contributed by atoms with E-state index in [1.807, 2.05) is 73.7 Å². The Labute approximate surface area is 261 Å². The number of Topliss-reactive ketones (excluding diaryl/α,β-unsaturated/α-hetero) is 1. The summed E-state index contributed by atoms with van der Waals surface area (Å²) in [6, 6.07) is 31.7. The van der Waals surface area contributed by atoms with Crippen LogP contribution in [0.25, 0.3) is 32.9 Å². The molecule has 0 unspecified atom stereocenters. The van der Waals surface area contributed by atoms with Gasteiger partial charge in [-0.05, 0) is 71.6 Å². The highest BCUT2D eigenvalue weighted by Gasteiger charge is 2.42. The molecule has 7 heteroatoms. The summed E-state index contributed by atoms with van der Waals surface area (Å²) in [5, 5.41) is 3.02. The van der Waals surface area contributed by atoms with Gasteiger partial charge in [0, 0.05) is 33.4 Å². The van der Waals surface area contributed by atoms with Crippen LogP contribution < -0.4 is 4.74 Å². The van der Waals surface area contributed by atoms with E-state index in [0.717, 1.165) is 32.8 Å². The molecule has 0 radical (unpaired) electrons. The molecule has 1 atom stereocenters. The lowest BCUT2D eigenvalue weighted by atomic mass is 9.77. The predicted octanol–water partition coefficient (Wildman–Crippen LogP) is 8.76. The molecule has 1 aromatic heterocycles. The second-order valence-electron chi connectivity index (χ2n) is 11.8. The van der Waals surface area contributed by atoms with Crippen LogP contribution >= 0.6 is 11.6 Å². The largest absolute Gasteiger partial charge is 0.496 e. The summed E-state index contributed by atoms with van der Waals surface area (Å²) in [5.41, 5.74) is 4.55. The molecule has 0 bridgehead atoms. The van der Waals surface area contributed by atoms with Crippen molar-refractivity contribution in [1.82, 2.24) is 3.97 Å². The standard InChI is InChI=1S/C37H30ClNO4S/c1-23-12-16-26(17-13-23)44(41,42)39-32-18-15-25(38)20-29(32)30(21-37(2)22-33(40)28-10-6-7-11-31(28)37)36(39)35-27-9-5-4-8-24(27)14-19-34(35)43-3/h4-20H,21-22H2,1-3H3/t37-/m0/s1. The van der Waals surface area contributed by atoms with Gasteiger partial charge >= 0.3 is 0 Å². The number of aryl methyl sites for hydroxylation is 1. The van der Waals surface area contributed by atoms with Crippen molar-refractivity contribution >= 4 is 49.1 Å². The van der Waals surface area contributed by atoms with Gasteiger partial charge in [0.15, 0.2) is 5.78 Å². The number of carbonyl (C=O) groups is 1. The fourth-order valence-electron chi connectivity index (χ4n) is 6.81. The zero-order valence-corrected chi connectivity index (χ0v) is 26.2. The highest BCUT2D eigenvalue weighted by molar-refractivity contribution is 7.90. The highest BCUT2D eigenvalue weighted by Crippen LogP contribution is 2.49. The molecule has 0 fully saturated rings. The smallest absolute Gasteiger partial charge is 0.268 e. The van der Waals surface area contributed by atoms with E-state index in [1.54, 1.807) is 43.5 Å². The first-order valence-corrected chi connectivity index (χ1v) is 16.3. The highest BCUT2D eigenvalue weighted by atomic mass is 35.5. The molecule has 1 aliphatic carbocycles. The van der Waals surface area contributed by atoms with E-state index in [0.29, 0.717) is 46.0 Å². The summed E-state index contributed by atoms with van der Waals surface area (Å²) in [6.45, 7) is 4.01. The van der Waals surface area contributed by atoms with Crippen LogP contribution in [0.5, 0.6) is 5.75 Å². The molecule has 1 heterocycles. The van der Waals surface area contributed by atoms with Gasteiger partial charge in [-0.25, -0.2) is 12.4 Å². The first-order valence-electron chi connectivity index (χ1n) is 14.5. The molecule has 7 rings (SSSR count). The maximum absolute atomic E-state index is 14.8. The van der Waals surface area contributed by atoms with Crippen LogP contribution in [0.15, 0.2) is 108 Å². The minimum Gasteiger partial charge on any atom is -0.496 e. The van der Waals surface area contributed by atoms with Crippen LogP contribution in [-0.2, 0) is 21.9 Å². The minimum absolute atomic E-state index is 0.0847. The number of ether oxygens (including phenoxy) is 1. The zero-order chi connectivity index (χ0) is 30.8. The van der Waals surface area contributed by atoms with Gasteiger partial charge in [-0.3, -0.25) is 4.79 Å². The van der Waals surface area contributed by atoms with Gasteiger partial charge in [0.05, 0.1) is 23.2 Å². The van der Waals surface area contributed by atoms with Gasteiger partial charge in [0.1, 0.15) is 5.75 Å². The molecule has 0 amide bonds. The van der Waals surface area contributed by atoms with Crippen molar-refractivity contribution in [3.8, 4) is 17.0 Å². The van der Waals surface area contributed by atoms with E-state index in [1.165, 1.54) is 3.97 Å². The summed E-state index contributed by atoms with van der Waals surface area (Å²) in [5.74, 6) is 0.633. The van der Waals surface area contributed by atoms with Gasteiger partial charge in [-0.15, -0.1) is 0 Å². The van der Waals surface area contributed by atoms with Gasteiger partial charge in [0.25, 0.3) is 10.0 Å². The Morgan fingerprint density at radius 3 is 2.39 bits per heavy atom. The van der Waals surface area contributed by atoms with E-state index in [-0.39, 0.29) is 10.7 Å². The lowest BCUT2D eigenvalue weighted by Gasteiger charge is -2.26. The van der Waals surface area contributed by atoms with Gasteiger partial charge in [-0.2, -0.15) is 0 Å². The molecule has 0 saturated heterocycles. The molecule has 6 aromatic rings. The minimum atomic E-state index is -4.12. The van der Waals surface area contributed by atoms with Crippen LogP contribution in [-0.4, -0.2) is 25.3 Å². The normalized spacial score (nSPS) is 16.5. The second-order valence-corrected chi connectivity index (χ2v) is 14.0. The van der Waals surface area contributed by atoms with Gasteiger partial charge in [0.2, 0.25) is 0 Å². The number of carbonyl (C=O) groups excluding carboxylic acids is 1. The quantitative estimate of drug-likeness (QED) is 0.187. The third kappa shape index (κ3) is 4.35. The number of rotatable bonds is 6. The van der Waals surface area contributed by atoms with Crippen molar-refractivity contribution in [1.29, 1.82) is 0 Å². The van der Waals surface area contributed by atoms with Crippen molar-refractivity contribution in [2.45, 2.75) is 37.0 Å². The summed E-state index contributed by atoms with van der Waals surface area (Å²) < 4.78 is 37.0. The van der Waals surface area contributed by atoms with Gasteiger partial charge in [-0.1, -0.05) is 90.8 Å². The first-order chi connectivity index (χ1) is 21.1. The Morgan fingerprint density at radius 2 is 1.61 bits per heavy atom. The SMILES string of the molecule is COc1ccc2ccccc2c1-c1c(C[C@@]2(C)CC(=O)c3ccccc32)c2cc(Cl)ccc2n1S(=O)(=O)c1ccc(C)cc1. The third-order valence-electron chi connectivity index (χ3n) is 8.89. The van der Waals surface area contributed by atoms with Crippen LogP contribution in [0.2, 0.25) is 5.02 Å². The number of methoxy groups -OCH3 is 1. The Morgan fingerprint density at radius 1 is 0.886 bits per heavy atom. The zero-order valence-electron chi connectivity index (χ0n) is 24.6. The Bertz CT molecular complexity index is 2230. The van der Waals surface area contributed by atoms with E-state index in [4.69, 9.17) is 16.3 Å².